The number of carbonyl (C=O) groups excluding carboxylic acids is 1. The molecule has 1 heterocycles. The first-order valence-electron chi connectivity index (χ1n) is 7.93. The minimum Gasteiger partial charge on any atom is -0.488 e. The molecule has 3 rings (SSSR count). The monoisotopic (exact) mass is 365 g/mol. The fourth-order valence-corrected chi connectivity index (χ4v) is 2.40. The Labute approximate surface area is 156 Å². The second kappa shape index (κ2) is 8.78. The van der Waals surface area contributed by atoms with Crippen molar-refractivity contribution in [1.82, 2.24) is 10.4 Å². The third-order valence-corrected chi connectivity index (χ3v) is 3.92. The lowest BCUT2D eigenvalue weighted by Gasteiger charge is -2.10. The lowest BCUT2D eigenvalue weighted by molar-refractivity contribution is 0.0954. The summed E-state index contributed by atoms with van der Waals surface area (Å²) in [6.45, 7) is 0.340. The molecule has 0 saturated carbocycles. The van der Waals surface area contributed by atoms with Gasteiger partial charge in [0.15, 0.2) is 0 Å². The van der Waals surface area contributed by atoms with Crippen molar-refractivity contribution in [3.05, 3.63) is 94.8 Å². The van der Waals surface area contributed by atoms with Crippen LogP contribution in [0.4, 0.5) is 0 Å². The number of carbonyl (C=O) groups is 1. The number of hydrogen-bond acceptors (Lipinski definition) is 4. The first-order chi connectivity index (χ1) is 12.7. The lowest BCUT2D eigenvalue weighted by Crippen LogP contribution is -2.17. The maximum absolute atomic E-state index is 12.0. The molecule has 26 heavy (non-hydrogen) atoms. The molecule has 3 aromatic rings. The molecule has 1 N–H and O–H groups in total. The number of hydrazone groups is 1. The van der Waals surface area contributed by atoms with Crippen LogP contribution in [0.2, 0.25) is 5.02 Å². The van der Waals surface area contributed by atoms with Gasteiger partial charge in [0.2, 0.25) is 0 Å². The number of pyridine rings is 1. The molecule has 0 aliphatic rings. The van der Waals surface area contributed by atoms with Crippen LogP contribution < -0.4 is 10.2 Å². The molecule has 0 saturated heterocycles. The summed E-state index contributed by atoms with van der Waals surface area (Å²) in [5, 5.41) is 4.65. The summed E-state index contributed by atoms with van der Waals surface area (Å²) in [6.07, 6.45) is 4.62. The second-order valence-electron chi connectivity index (χ2n) is 5.36. The molecule has 0 aliphatic heterocycles. The Balaban J connectivity index is 1.65. The maximum atomic E-state index is 12.0. The van der Waals surface area contributed by atoms with Crippen LogP contribution in [0.15, 0.2) is 78.2 Å². The van der Waals surface area contributed by atoms with Crippen molar-refractivity contribution in [2.45, 2.75) is 6.61 Å². The van der Waals surface area contributed by atoms with E-state index in [1.165, 1.54) is 12.4 Å². The van der Waals surface area contributed by atoms with Crippen LogP contribution in [0.3, 0.4) is 0 Å². The molecule has 0 unspecified atom stereocenters. The van der Waals surface area contributed by atoms with Gasteiger partial charge >= 0.3 is 0 Å². The molecule has 1 amide bonds. The van der Waals surface area contributed by atoms with Gasteiger partial charge in [-0.05, 0) is 30.3 Å². The van der Waals surface area contributed by atoms with Crippen molar-refractivity contribution in [2.75, 3.05) is 0 Å². The van der Waals surface area contributed by atoms with Crippen LogP contribution >= 0.6 is 11.6 Å². The van der Waals surface area contributed by atoms with Gasteiger partial charge in [-0.3, -0.25) is 9.78 Å². The summed E-state index contributed by atoms with van der Waals surface area (Å²) in [6, 6.07) is 18.3. The summed E-state index contributed by atoms with van der Waals surface area (Å²) in [4.78, 5) is 15.9. The standard InChI is InChI=1S/C20H16ClN3O2/c21-18-9-3-1-7-17(18)14-26-19-10-4-2-6-15(19)13-23-24-20(25)16-8-5-11-22-12-16/h1-13H,14H2,(H,24,25)/b23-13+. The number of hydrogen-bond donors (Lipinski definition) is 1. The van der Waals surface area contributed by atoms with E-state index in [-0.39, 0.29) is 5.91 Å². The normalized spacial score (nSPS) is 10.7. The van der Waals surface area contributed by atoms with Crippen LogP contribution in [0, 0.1) is 0 Å². The highest BCUT2D eigenvalue weighted by Crippen LogP contribution is 2.20. The number of rotatable bonds is 6. The maximum Gasteiger partial charge on any atom is 0.272 e. The zero-order valence-corrected chi connectivity index (χ0v) is 14.6. The van der Waals surface area contributed by atoms with Gasteiger partial charge in [-0.15, -0.1) is 0 Å². The first-order valence-corrected chi connectivity index (χ1v) is 8.30. The van der Waals surface area contributed by atoms with Crippen LogP contribution in [0.1, 0.15) is 21.5 Å². The molecule has 0 atom stereocenters. The van der Waals surface area contributed by atoms with E-state index in [0.717, 1.165) is 11.1 Å². The van der Waals surface area contributed by atoms with E-state index in [2.05, 4.69) is 15.5 Å². The van der Waals surface area contributed by atoms with Crippen molar-refractivity contribution < 1.29 is 9.53 Å². The average Bonchev–Trinajstić information content (AvgIpc) is 2.69. The van der Waals surface area contributed by atoms with Crippen LogP contribution in [0.25, 0.3) is 0 Å². The molecule has 1 aromatic heterocycles. The Hall–Kier alpha value is -3.18. The summed E-state index contributed by atoms with van der Waals surface area (Å²) in [7, 11) is 0. The number of halogens is 1. The highest BCUT2D eigenvalue weighted by Gasteiger charge is 2.05. The molecule has 0 bridgehead atoms. The number of amides is 1. The molecular formula is C20H16ClN3O2. The minimum atomic E-state index is -0.330. The van der Waals surface area contributed by atoms with Gasteiger partial charge in [0.25, 0.3) is 5.91 Å². The number of ether oxygens (including phenoxy) is 1. The molecule has 6 heteroatoms. The number of aromatic nitrogens is 1. The molecular weight excluding hydrogens is 350 g/mol. The Morgan fingerprint density at radius 3 is 2.73 bits per heavy atom. The Morgan fingerprint density at radius 1 is 1.12 bits per heavy atom. The van der Waals surface area contributed by atoms with Crippen molar-refractivity contribution >= 4 is 23.7 Å². The van der Waals surface area contributed by atoms with Gasteiger partial charge in [0.05, 0.1) is 11.8 Å². The topological polar surface area (TPSA) is 63.6 Å². The summed E-state index contributed by atoms with van der Waals surface area (Å²) < 4.78 is 5.85. The van der Waals surface area contributed by atoms with E-state index in [4.69, 9.17) is 16.3 Å². The van der Waals surface area contributed by atoms with E-state index < -0.39 is 0 Å². The van der Waals surface area contributed by atoms with Crippen molar-refractivity contribution in [3.8, 4) is 5.75 Å². The largest absolute Gasteiger partial charge is 0.488 e. The van der Waals surface area contributed by atoms with Gasteiger partial charge in [-0.25, -0.2) is 5.43 Å². The van der Waals surface area contributed by atoms with Gasteiger partial charge in [0, 0.05) is 28.5 Å². The molecule has 0 aliphatic carbocycles. The lowest BCUT2D eigenvalue weighted by atomic mass is 10.2. The minimum absolute atomic E-state index is 0.330. The van der Waals surface area contributed by atoms with Crippen LogP contribution in [-0.2, 0) is 6.61 Å². The Morgan fingerprint density at radius 2 is 1.92 bits per heavy atom. The van der Waals surface area contributed by atoms with E-state index in [1.807, 2.05) is 48.5 Å². The number of para-hydroxylation sites is 1. The SMILES string of the molecule is O=C(N/N=C/c1ccccc1OCc1ccccc1Cl)c1cccnc1. The molecule has 0 fully saturated rings. The molecule has 0 radical (unpaired) electrons. The van der Waals surface area contributed by atoms with Crippen LogP contribution in [0.5, 0.6) is 5.75 Å². The summed E-state index contributed by atoms with van der Waals surface area (Å²) in [5.41, 5.74) is 4.55. The fraction of sp³-hybridized carbons (Fsp3) is 0.0500. The van der Waals surface area contributed by atoms with Crippen molar-refractivity contribution in [3.63, 3.8) is 0 Å². The van der Waals surface area contributed by atoms with Gasteiger partial charge < -0.3 is 4.74 Å². The second-order valence-corrected chi connectivity index (χ2v) is 5.77. The molecule has 2 aromatic carbocycles. The Bertz CT molecular complexity index is 914. The molecule has 5 nitrogen and oxygen atoms in total. The van der Waals surface area contributed by atoms with Gasteiger partial charge in [0.1, 0.15) is 12.4 Å². The van der Waals surface area contributed by atoms with E-state index in [1.54, 1.807) is 18.3 Å². The zero-order chi connectivity index (χ0) is 18.2. The van der Waals surface area contributed by atoms with Crippen molar-refractivity contribution in [2.24, 2.45) is 5.10 Å². The van der Waals surface area contributed by atoms with Gasteiger partial charge in [-0.1, -0.05) is 41.9 Å². The third kappa shape index (κ3) is 4.68. The summed E-state index contributed by atoms with van der Waals surface area (Å²) >= 11 is 6.15. The summed E-state index contributed by atoms with van der Waals surface area (Å²) in [5.74, 6) is 0.315. The highest BCUT2D eigenvalue weighted by molar-refractivity contribution is 6.31. The first kappa shape index (κ1) is 17.6. The number of nitrogens with zero attached hydrogens (tertiary/aromatic N) is 2. The number of benzene rings is 2. The average molecular weight is 366 g/mol. The smallest absolute Gasteiger partial charge is 0.272 e. The fourth-order valence-electron chi connectivity index (χ4n) is 2.21. The van der Waals surface area contributed by atoms with Gasteiger partial charge in [-0.2, -0.15) is 5.10 Å². The van der Waals surface area contributed by atoms with E-state index in [9.17, 15) is 4.79 Å². The Kier molecular flexibility index (Phi) is 5.96. The molecule has 0 spiro atoms. The quantitative estimate of drug-likeness (QED) is 0.529. The van der Waals surface area contributed by atoms with E-state index in [0.29, 0.717) is 22.9 Å². The van der Waals surface area contributed by atoms with E-state index >= 15 is 0 Å². The molecule has 130 valence electrons. The third-order valence-electron chi connectivity index (χ3n) is 3.55. The zero-order valence-electron chi connectivity index (χ0n) is 13.8. The highest BCUT2D eigenvalue weighted by atomic mass is 35.5. The number of nitrogens with one attached hydrogen (secondary N) is 1. The predicted octanol–water partition coefficient (Wildman–Crippen LogP) is 4.08. The van der Waals surface area contributed by atoms with Crippen LogP contribution in [-0.4, -0.2) is 17.1 Å². The van der Waals surface area contributed by atoms with Crippen molar-refractivity contribution in [1.29, 1.82) is 0 Å². The predicted molar refractivity (Wildman–Crippen MR) is 102 cm³/mol.